The first-order valence-corrected chi connectivity index (χ1v) is 6.33. The lowest BCUT2D eigenvalue weighted by Gasteiger charge is -2.09. The predicted octanol–water partition coefficient (Wildman–Crippen LogP) is 1.55. The highest BCUT2D eigenvalue weighted by Gasteiger charge is 2.10. The largest absolute Gasteiger partial charge is 0.350 e. The van der Waals surface area contributed by atoms with E-state index in [0.29, 0.717) is 23.0 Å². The van der Waals surface area contributed by atoms with Gasteiger partial charge >= 0.3 is 0 Å². The molecule has 0 saturated heterocycles. The molecule has 0 aliphatic carbocycles. The van der Waals surface area contributed by atoms with E-state index in [9.17, 15) is 9.59 Å². The normalized spacial score (nSPS) is 10.9. The summed E-state index contributed by atoms with van der Waals surface area (Å²) in [6.07, 6.45) is 1.53. The van der Waals surface area contributed by atoms with Gasteiger partial charge in [-0.25, -0.2) is 4.98 Å². The summed E-state index contributed by atoms with van der Waals surface area (Å²) in [5.41, 5.74) is 0.969. The van der Waals surface area contributed by atoms with E-state index in [4.69, 9.17) is 0 Å². The SMILES string of the molecule is CCn1cnc2ccc(C(=O)NC(C)C)cc2c1=O. The average molecular weight is 259 g/mol. The van der Waals surface area contributed by atoms with E-state index in [2.05, 4.69) is 10.3 Å². The third kappa shape index (κ3) is 2.65. The molecule has 0 bridgehead atoms. The minimum Gasteiger partial charge on any atom is -0.350 e. The van der Waals surface area contributed by atoms with Crippen molar-refractivity contribution in [3.63, 3.8) is 0 Å². The van der Waals surface area contributed by atoms with E-state index in [1.807, 2.05) is 20.8 Å². The monoisotopic (exact) mass is 259 g/mol. The number of fused-ring (bicyclic) bond motifs is 1. The number of benzene rings is 1. The summed E-state index contributed by atoms with van der Waals surface area (Å²) in [5, 5.41) is 3.28. The summed E-state index contributed by atoms with van der Waals surface area (Å²) in [7, 11) is 0. The van der Waals surface area contributed by atoms with Crippen LogP contribution in [0.25, 0.3) is 10.9 Å². The lowest BCUT2D eigenvalue weighted by Crippen LogP contribution is -2.30. The molecule has 1 aromatic carbocycles. The van der Waals surface area contributed by atoms with Crippen LogP contribution in [-0.4, -0.2) is 21.5 Å². The molecule has 0 aliphatic rings. The van der Waals surface area contributed by atoms with Crippen molar-refractivity contribution in [1.82, 2.24) is 14.9 Å². The summed E-state index contributed by atoms with van der Waals surface area (Å²) in [5.74, 6) is -0.178. The summed E-state index contributed by atoms with van der Waals surface area (Å²) < 4.78 is 1.52. The second-order valence-corrected chi connectivity index (χ2v) is 4.70. The molecule has 0 atom stereocenters. The average Bonchev–Trinajstić information content (AvgIpc) is 2.38. The van der Waals surface area contributed by atoms with Crippen LogP contribution in [0, 0.1) is 0 Å². The van der Waals surface area contributed by atoms with Gasteiger partial charge in [-0.3, -0.25) is 14.2 Å². The lowest BCUT2D eigenvalue weighted by molar-refractivity contribution is 0.0943. The van der Waals surface area contributed by atoms with Crippen molar-refractivity contribution < 1.29 is 4.79 Å². The molecule has 1 aromatic heterocycles. The maximum Gasteiger partial charge on any atom is 0.261 e. The Kier molecular flexibility index (Phi) is 3.64. The van der Waals surface area contributed by atoms with Crippen LogP contribution in [0.15, 0.2) is 29.3 Å². The Bertz CT molecular complexity index is 674. The molecule has 5 heteroatoms. The van der Waals surface area contributed by atoms with Crippen molar-refractivity contribution in [2.75, 3.05) is 0 Å². The van der Waals surface area contributed by atoms with Crippen LogP contribution < -0.4 is 10.9 Å². The third-order valence-corrected chi connectivity index (χ3v) is 2.85. The molecular formula is C14H17N3O2. The van der Waals surface area contributed by atoms with Gasteiger partial charge in [0.1, 0.15) is 0 Å². The van der Waals surface area contributed by atoms with Gasteiger partial charge in [-0.1, -0.05) is 0 Å². The minimum absolute atomic E-state index is 0.0596. The van der Waals surface area contributed by atoms with Crippen LogP contribution in [-0.2, 0) is 6.54 Å². The van der Waals surface area contributed by atoms with Crippen molar-refractivity contribution in [2.24, 2.45) is 0 Å². The Morgan fingerprint density at radius 3 is 2.79 bits per heavy atom. The highest BCUT2D eigenvalue weighted by molar-refractivity contribution is 5.97. The van der Waals surface area contributed by atoms with E-state index in [-0.39, 0.29) is 17.5 Å². The van der Waals surface area contributed by atoms with Crippen LogP contribution in [0.1, 0.15) is 31.1 Å². The van der Waals surface area contributed by atoms with E-state index >= 15 is 0 Å². The van der Waals surface area contributed by atoms with Crippen LogP contribution in [0.3, 0.4) is 0 Å². The molecule has 0 saturated carbocycles. The van der Waals surface area contributed by atoms with Gasteiger partial charge in [-0.05, 0) is 39.0 Å². The third-order valence-electron chi connectivity index (χ3n) is 2.85. The fourth-order valence-corrected chi connectivity index (χ4v) is 1.87. The lowest BCUT2D eigenvalue weighted by atomic mass is 10.1. The zero-order valence-corrected chi connectivity index (χ0v) is 11.3. The summed E-state index contributed by atoms with van der Waals surface area (Å²) >= 11 is 0. The van der Waals surface area contributed by atoms with Crippen molar-refractivity contribution in [3.8, 4) is 0 Å². The Morgan fingerprint density at radius 1 is 1.42 bits per heavy atom. The molecule has 0 unspecified atom stereocenters. The van der Waals surface area contributed by atoms with Gasteiger partial charge < -0.3 is 5.32 Å². The number of nitrogens with one attached hydrogen (secondary N) is 1. The van der Waals surface area contributed by atoms with Crippen molar-refractivity contribution in [1.29, 1.82) is 0 Å². The zero-order chi connectivity index (χ0) is 14.0. The van der Waals surface area contributed by atoms with Crippen LogP contribution in [0.2, 0.25) is 0 Å². The maximum atomic E-state index is 12.1. The molecule has 2 aromatic rings. The number of rotatable bonds is 3. The van der Waals surface area contributed by atoms with Gasteiger partial charge in [-0.15, -0.1) is 0 Å². The molecular weight excluding hydrogens is 242 g/mol. The first kappa shape index (κ1) is 13.3. The van der Waals surface area contributed by atoms with Crippen molar-refractivity contribution >= 4 is 16.8 Å². The number of hydrogen-bond acceptors (Lipinski definition) is 3. The van der Waals surface area contributed by atoms with Crippen LogP contribution in [0.4, 0.5) is 0 Å². The topological polar surface area (TPSA) is 64.0 Å². The second kappa shape index (κ2) is 5.22. The molecule has 1 heterocycles. The Balaban J connectivity index is 2.53. The fourth-order valence-electron chi connectivity index (χ4n) is 1.87. The van der Waals surface area contributed by atoms with E-state index in [1.165, 1.54) is 10.9 Å². The quantitative estimate of drug-likeness (QED) is 0.909. The van der Waals surface area contributed by atoms with Crippen LogP contribution >= 0.6 is 0 Å². The van der Waals surface area contributed by atoms with E-state index in [0.717, 1.165) is 0 Å². The van der Waals surface area contributed by atoms with Gasteiger partial charge in [0.2, 0.25) is 0 Å². The highest BCUT2D eigenvalue weighted by Crippen LogP contribution is 2.10. The molecule has 0 spiro atoms. The van der Waals surface area contributed by atoms with E-state index < -0.39 is 0 Å². The minimum atomic E-state index is -0.178. The molecule has 0 fully saturated rings. The first-order valence-electron chi connectivity index (χ1n) is 6.33. The smallest absolute Gasteiger partial charge is 0.261 e. The van der Waals surface area contributed by atoms with Crippen molar-refractivity contribution in [3.05, 3.63) is 40.4 Å². The summed E-state index contributed by atoms with van der Waals surface area (Å²) in [6.45, 7) is 6.23. The molecule has 1 amide bonds. The predicted molar refractivity (Wildman–Crippen MR) is 74.3 cm³/mol. The Hall–Kier alpha value is -2.17. The second-order valence-electron chi connectivity index (χ2n) is 4.70. The van der Waals surface area contributed by atoms with Gasteiger partial charge in [0, 0.05) is 18.2 Å². The number of aryl methyl sites for hydroxylation is 1. The maximum absolute atomic E-state index is 12.1. The van der Waals surface area contributed by atoms with Gasteiger partial charge in [0.05, 0.1) is 17.2 Å². The molecule has 100 valence electrons. The number of amides is 1. The van der Waals surface area contributed by atoms with Gasteiger partial charge in [-0.2, -0.15) is 0 Å². The molecule has 19 heavy (non-hydrogen) atoms. The summed E-state index contributed by atoms with van der Waals surface area (Å²) in [4.78, 5) is 28.3. The summed E-state index contributed by atoms with van der Waals surface area (Å²) in [6, 6.07) is 5.05. The first-order chi connectivity index (χ1) is 9.02. The van der Waals surface area contributed by atoms with E-state index in [1.54, 1.807) is 18.2 Å². The zero-order valence-electron chi connectivity index (χ0n) is 11.3. The van der Waals surface area contributed by atoms with Gasteiger partial charge in [0.15, 0.2) is 0 Å². The highest BCUT2D eigenvalue weighted by atomic mass is 16.1. The van der Waals surface area contributed by atoms with Crippen molar-refractivity contribution in [2.45, 2.75) is 33.4 Å². The number of aromatic nitrogens is 2. The molecule has 0 radical (unpaired) electrons. The Morgan fingerprint density at radius 2 is 2.16 bits per heavy atom. The standard InChI is InChI=1S/C14H17N3O2/c1-4-17-8-15-12-6-5-10(7-11(12)14(17)19)13(18)16-9(2)3/h5-9H,4H2,1-3H3,(H,16,18). The Labute approximate surface area is 111 Å². The number of hydrogen-bond donors (Lipinski definition) is 1. The van der Waals surface area contributed by atoms with Gasteiger partial charge in [0.25, 0.3) is 11.5 Å². The van der Waals surface area contributed by atoms with Crippen LogP contribution in [0.5, 0.6) is 0 Å². The molecule has 5 nitrogen and oxygen atoms in total. The fraction of sp³-hybridized carbons (Fsp3) is 0.357. The molecule has 0 aliphatic heterocycles. The number of nitrogens with zero attached hydrogens (tertiary/aromatic N) is 2. The number of carbonyl (C=O) groups is 1. The molecule has 1 N–H and O–H groups in total. The number of carbonyl (C=O) groups excluding carboxylic acids is 1. The molecule has 2 rings (SSSR count).